The second-order valence-corrected chi connectivity index (χ2v) is 7.87. The predicted octanol–water partition coefficient (Wildman–Crippen LogP) is 2.84. The van der Waals surface area contributed by atoms with Crippen molar-refractivity contribution in [3.63, 3.8) is 0 Å². The van der Waals surface area contributed by atoms with Gasteiger partial charge in [0.05, 0.1) is 11.6 Å². The Kier molecular flexibility index (Phi) is 9.19. The van der Waals surface area contributed by atoms with Crippen molar-refractivity contribution in [3.8, 4) is 11.5 Å². The van der Waals surface area contributed by atoms with E-state index < -0.39 is 24.7 Å². The zero-order valence-electron chi connectivity index (χ0n) is 19.5. The minimum atomic E-state index is -0.753. The molecule has 3 rings (SSSR count). The summed E-state index contributed by atoms with van der Waals surface area (Å²) in [7, 11) is 0. The number of benzene rings is 2. The maximum atomic E-state index is 13.3. The highest BCUT2D eigenvalue weighted by atomic mass is 19.1. The zero-order valence-corrected chi connectivity index (χ0v) is 19.5. The number of hydrogen-bond donors (Lipinski definition) is 3. The number of nitrogens with one attached hydrogen (secondary N) is 2. The maximum Gasteiger partial charge on any atom is 0.407 e. The quantitative estimate of drug-likeness (QED) is 0.340. The van der Waals surface area contributed by atoms with Gasteiger partial charge in [0.25, 0.3) is 5.56 Å². The summed E-state index contributed by atoms with van der Waals surface area (Å²) in [6.07, 6.45) is -0.283. The van der Waals surface area contributed by atoms with Gasteiger partial charge in [0.1, 0.15) is 24.8 Å². The van der Waals surface area contributed by atoms with Crippen LogP contribution in [0, 0.1) is 0 Å². The van der Waals surface area contributed by atoms with Gasteiger partial charge in [-0.15, -0.1) is 0 Å². The minimum absolute atomic E-state index is 0.162. The Morgan fingerprint density at radius 1 is 1.11 bits per heavy atom. The Balaban J connectivity index is 1.86. The molecule has 0 aliphatic rings. The van der Waals surface area contributed by atoms with E-state index in [4.69, 9.17) is 10.5 Å². The average molecular weight is 485 g/mol. The van der Waals surface area contributed by atoms with Gasteiger partial charge in [0.15, 0.2) is 0 Å². The summed E-state index contributed by atoms with van der Waals surface area (Å²) in [6.45, 7) is 1.27. The Bertz CT molecular complexity index is 1220. The number of fused-ring (bicyclic) bond motifs is 1. The molecule has 0 fully saturated rings. The maximum absolute atomic E-state index is 13.3. The van der Waals surface area contributed by atoms with Crippen LogP contribution >= 0.6 is 0 Å². The largest absolute Gasteiger partial charge is 0.457 e. The van der Waals surface area contributed by atoms with Crippen molar-refractivity contribution in [2.45, 2.75) is 32.5 Å². The fourth-order valence-electron chi connectivity index (χ4n) is 3.42. The normalized spacial score (nSPS) is 11.7. The second-order valence-electron chi connectivity index (χ2n) is 7.87. The first kappa shape index (κ1) is 25.7. The molecular formula is C25H29FN4O5. The van der Waals surface area contributed by atoms with E-state index in [1.165, 1.54) is 0 Å². The van der Waals surface area contributed by atoms with Crippen LogP contribution in [-0.4, -0.2) is 42.4 Å². The van der Waals surface area contributed by atoms with E-state index in [9.17, 15) is 18.8 Å². The van der Waals surface area contributed by atoms with Crippen molar-refractivity contribution in [2.75, 3.05) is 19.8 Å². The minimum Gasteiger partial charge on any atom is -0.457 e. The third-order valence-electron chi connectivity index (χ3n) is 5.28. The van der Waals surface area contributed by atoms with Crippen LogP contribution in [0.5, 0.6) is 11.5 Å². The standard InChI is InChI=1S/C25H29FN4O5/c1-17(23(27)31)29-16-19-14-18-8-9-21(35-20-6-3-2-4-7-20)15-22(18)30(24(19)32)12-5-11-28-25(33)34-13-10-26/h2-4,6-9,14-15,17,29H,5,10-13,16H2,1H3,(H2,27,31)(H,28,33)/t17-/m0/s1. The molecule has 1 heterocycles. The summed E-state index contributed by atoms with van der Waals surface area (Å²) in [6, 6.07) is 15.9. The number of carbonyl (C=O) groups excluding carboxylic acids is 2. The summed E-state index contributed by atoms with van der Waals surface area (Å²) >= 11 is 0. The van der Waals surface area contributed by atoms with Crippen LogP contribution in [0.25, 0.3) is 10.9 Å². The van der Waals surface area contributed by atoms with E-state index in [-0.39, 0.29) is 25.3 Å². The average Bonchev–Trinajstić information content (AvgIpc) is 2.85. The molecule has 2 aromatic carbocycles. The van der Waals surface area contributed by atoms with Crippen LogP contribution in [-0.2, 0) is 22.6 Å². The van der Waals surface area contributed by atoms with Crippen LogP contribution in [0.4, 0.5) is 9.18 Å². The molecule has 1 aromatic heterocycles. The number of carbonyl (C=O) groups is 2. The number of aromatic nitrogens is 1. The number of primary amides is 1. The lowest BCUT2D eigenvalue weighted by atomic mass is 10.1. The van der Waals surface area contributed by atoms with Gasteiger partial charge in [-0.05, 0) is 49.1 Å². The molecule has 0 saturated carbocycles. The Morgan fingerprint density at radius 3 is 2.60 bits per heavy atom. The number of para-hydroxylation sites is 1. The summed E-state index contributed by atoms with van der Waals surface area (Å²) in [5.41, 5.74) is 6.20. The number of halogens is 1. The number of alkyl halides is 1. The lowest BCUT2D eigenvalue weighted by molar-refractivity contribution is -0.119. The molecule has 0 unspecified atom stereocenters. The van der Waals surface area contributed by atoms with Gasteiger partial charge in [0.2, 0.25) is 5.91 Å². The highest BCUT2D eigenvalue weighted by molar-refractivity contribution is 5.81. The van der Waals surface area contributed by atoms with E-state index in [0.29, 0.717) is 35.5 Å². The Morgan fingerprint density at radius 2 is 1.89 bits per heavy atom. The van der Waals surface area contributed by atoms with Gasteiger partial charge in [-0.1, -0.05) is 18.2 Å². The number of pyridine rings is 1. The molecule has 0 saturated heterocycles. The van der Waals surface area contributed by atoms with Gasteiger partial charge < -0.3 is 30.4 Å². The van der Waals surface area contributed by atoms with Crippen LogP contribution in [0.2, 0.25) is 0 Å². The molecule has 3 aromatic rings. The molecule has 0 aliphatic carbocycles. The van der Waals surface area contributed by atoms with Crippen molar-refractivity contribution in [1.29, 1.82) is 0 Å². The van der Waals surface area contributed by atoms with Crippen molar-refractivity contribution in [2.24, 2.45) is 5.73 Å². The van der Waals surface area contributed by atoms with Crippen molar-refractivity contribution in [3.05, 3.63) is 70.5 Å². The third-order valence-corrected chi connectivity index (χ3v) is 5.28. The van der Waals surface area contributed by atoms with Gasteiger partial charge in [-0.3, -0.25) is 9.59 Å². The molecule has 10 heteroatoms. The summed E-state index contributed by atoms with van der Waals surface area (Å²) in [5.74, 6) is 0.718. The van der Waals surface area contributed by atoms with Crippen LogP contribution in [0.15, 0.2) is 59.4 Å². The number of alkyl carbamates (subject to hydrolysis) is 1. The molecule has 0 aliphatic heterocycles. The SMILES string of the molecule is C[C@H](NCc1cc2ccc(Oc3ccccc3)cc2n(CCCNC(=O)OCCF)c1=O)C(N)=O. The number of amides is 2. The zero-order chi connectivity index (χ0) is 25.2. The molecule has 35 heavy (non-hydrogen) atoms. The molecule has 0 radical (unpaired) electrons. The van der Waals surface area contributed by atoms with Gasteiger partial charge in [-0.25, -0.2) is 9.18 Å². The summed E-state index contributed by atoms with van der Waals surface area (Å²) in [5, 5.41) is 6.30. The lowest BCUT2D eigenvalue weighted by Crippen LogP contribution is -2.39. The molecule has 186 valence electrons. The number of aryl methyl sites for hydroxylation is 1. The van der Waals surface area contributed by atoms with Crippen LogP contribution < -0.4 is 26.7 Å². The molecule has 2 amide bonds. The molecule has 0 bridgehead atoms. The van der Waals surface area contributed by atoms with E-state index in [1.54, 1.807) is 23.6 Å². The van der Waals surface area contributed by atoms with Crippen LogP contribution in [0.1, 0.15) is 18.9 Å². The fraction of sp³-hybridized carbons (Fsp3) is 0.320. The Hall–Kier alpha value is -3.92. The lowest BCUT2D eigenvalue weighted by Gasteiger charge is -2.16. The van der Waals surface area contributed by atoms with Crippen molar-refractivity contribution < 1.29 is 23.5 Å². The summed E-state index contributed by atoms with van der Waals surface area (Å²) < 4.78 is 24.3. The first-order chi connectivity index (χ1) is 16.9. The highest BCUT2D eigenvalue weighted by Crippen LogP contribution is 2.25. The monoisotopic (exact) mass is 484 g/mol. The van der Waals surface area contributed by atoms with Gasteiger partial charge in [-0.2, -0.15) is 0 Å². The number of hydrogen-bond acceptors (Lipinski definition) is 6. The summed E-state index contributed by atoms with van der Waals surface area (Å²) in [4.78, 5) is 36.2. The smallest absolute Gasteiger partial charge is 0.407 e. The number of nitrogens with two attached hydrogens (primary N) is 1. The molecule has 1 atom stereocenters. The van der Waals surface area contributed by atoms with E-state index in [0.717, 1.165) is 5.39 Å². The predicted molar refractivity (Wildman–Crippen MR) is 130 cm³/mol. The first-order valence-corrected chi connectivity index (χ1v) is 11.3. The van der Waals surface area contributed by atoms with Gasteiger partial charge >= 0.3 is 6.09 Å². The first-order valence-electron chi connectivity index (χ1n) is 11.3. The van der Waals surface area contributed by atoms with Gasteiger partial charge in [0, 0.05) is 31.3 Å². The fourth-order valence-corrected chi connectivity index (χ4v) is 3.42. The molecular weight excluding hydrogens is 455 g/mol. The van der Waals surface area contributed by atoms with Crippen LogP contribution in [0.3, 0.4) is 0 Å². The van der Waals surface area contributed by atoms with E-state index >= 15 is 0 Å². The topological polar surface area (TPSA) is 125 Å². The van der Waals surface area contributed by atoms with Crippen molar-refractivity contribution in [1.82, 2.24) is 15.2 Å². The number of rotatable bonds is 12. The van der Waals surface area contributed by atoms with E-state index in [2.05, 4.69) is 15.4 Å². The second kappa shape index (κ2) is 12.5. The Labute approximate surface area is 202 Å². The third kappa shape index (κ3) is 7.28. The van der Waals surface area contributed by atoms with Crippen molar-refractivity contribution >= 4 is 22.9 Å². The molecule has 4 N–H and O–H groups in total. The molecule has 9 nitrogen and oxygen atoms in total. The molecule has 0 spiro atoms. The highest BCUT2D eigenvalue weighted by Gasteiger charge is 2.14. The number of ether oxygens (including phenoxy) is 2. The van der Waals surface area contributed by atoms with E-state index in [1.807, 2.05) is 42.5 Å². The number of nitrogens with zero attached hydrogens (tertiary/aromatic N) is 1.